The lowest BCUT2D eigenvalue weighted by Gasteiger charge is -2.35. The summed E-state index contributed by atoms with van der Waals surface area (Å²) >= 11 is 6.23. The highest BCUT2D eigenvalue weighted by molar-refractivity contribution is 7.92. The van der Waals surface area contributed by atoms with Crippen LogP contribution in [-0.4, -0.2) is 114 Å². The first-order chi connectivity index (χ1) is 34.8. The number of hydrogen-bond acceptors (Lipinski definition) is 14. The number of aryl methyl sites for hydroxylation is 1. The van der Waals surface area contributed by atoms with Crippen LogP contribution in [0.3, 0.4) is 0 Å². The van der Waals surface area contributed by atoms with Gasteiger partial charge in [-0.25, -0.2) is 32.3 Å². The lowest BCUT2D eigenvalue weighted by atomic mass is 9.98. The zero-order valence-electron chi connectivity index (χ0n) is 41.2. The molecule has 3 aromatic carbocycles. The molecule has 75 heavy (non-hydrogen) atoms. The Hall–Kier alpha value is -7.62. The van der Waals surface area contributed by atoms with Gasteiger partial charge in [0.15, 0.2) is 5.65 Å². The number of carbonyl (C=O) groups excluding carboxylic acids is 4. The molecule has 0 bridgehead atoms. The summed E-state index contributed by atoms with van der Waals surface area (Å²) in [5, 5.41) is 29.8. The quantitative estimate of drug-likeness (QED) is 0.105. The monoisotopic (exact) mass is 1070 g/mol. The molecule has 2 aromatic heterocycles. The van der Waals surface area contributed by atoms with Gasteiger partial charge < -0.3 is 39.5 Å². The van der Waals surface area contributed by atoms with Gasteiger partial charge >= 0.3 is 18.3 Å². The van der Waals surface area contributed by atoms with Crippen molar-refractivity contribution in [1.29, 1.82) is 10.5 Å². The van der Waals surface area contributed by atoms with Crippen LogP contribution in [0.2, 0.25) is 5.02 Å². The number of aromatic nitrogens is 3. The second-order valence-corrected chi connectivity index (χ2v) is 21.3. The van der Waals surface area contributed by atoms with Crippen LogP contribution in [0.25, 0.3) is 5.65 Å². The van der Waals surface area contributed by atoms with Gasteiger partial charge in [0.2, 0.25) is 10.0 Å². The fraction of sp³-hybridized carbons (Fsp3) is 0.434. The highest BCUT2D eigenvalue weighted by Gasteiger charge is 2.39. The number of piperidine rings is 1. The van der Waals surface area contributed by atoms with E-state index >= 15 is 0 Å². The summed E-state index contributed by atoms with van der Waals surface area (Å²) in [4.78, 5) is 60.6. The Labute approximate surface area is 443 Å². The van der Waals surface area contributed by atoms with Crippen molar-refractivity contribution in [2.24, 2.45) is 11.8 Å². The Morgan fingerprint density at radius 1 is 0.813 bits per heavy atom. The Morgan fingerprint density at radius 3 is 1.97 bits per heavy atom. The molecule has 400 valence electrons. The summed E-state index contributed by atoms with van der Waals surface area (Å²) in [6.07, 6.45) is 3.54. The fourth-order valence-corrected chi connectivity index (χ4v) is 9.51. The number of ether oxygens (including phenoxy) is 3. The van der Waals surface area contributed by atoms with E-state index in [4.69, 9.17) is 35.9 Å². The van der Waals surface area contributed by atoms with Gasteiger partial charge in [0.05, 0.1) is 65.3 Å². The molecular weight excluding hydrogens is 1000 g/mol. The molecule has 3 N–H and O–H groups in total. The summed E-state index contributed by atoms with van der Waals surface area (Å²) < 4.78 is 44.0. The van der Waals surface area contributed by atoms with Crippen LogP contribution in [0.5, 0.6) is 0 Å². The maximum atomic E-state index is 13.9. The summed E-state index contributed by atoms with van der Waals surface area (Å²) in [5.74, 6) is -0.654. The van der Waals surface area contributed by atoms with Crippen LogP contribution in [0.1, 0.15) is 93.7 Å². The van der Waals surface area contributed by atoms with Gasteiger partial charge in [-0.15, -0.1) is 0 Å². The maximum Gasteiger partial charge on any atom is 0.410 e. The lowest BCUT2D eigenvalue weighted by molar-refractivity contribution is 0.0287. The average Bonchev–Trinajstić information content (AvgIpc) is 4.09. The van der Waals surface area contributed by atoms with Crippen LogP contribution in [0.4, 0.5) is 25.9 Å². The Kier molecular flexibility index (Phi) is 19.9. The minimum absolute atomic E-state index is 0. The number of sulfonamides is 1. The summed E-state index contributed by atoms with van der Waals surface area (Å²) in [6.45, 7) is 9.16. The van der Waals surface area contributed by atoms with Crippen LogP contribution in [0, 0.1) is 41.4 Å². The van der Waals surface area contributed by atoms with Gasteiger partial charge in [0.25, 0.3) is 5.91 Å². The Balaban J connectivity index is 0.000000327. The first-order valence-corrected chi connectivity index (χ1v) is 26.0. The molecule has 3 fully saturated rings. The van der Waals surface area contributed by atoms with E-state index < -0.39 is 57.8 Å². The summed E-state index contributed by atoms with van der Waals surface area (Å²) in [7, 11) is -3.64. The van der Waals surface area contributed by atoms with Crippen molar-refractivity contribution in [2.75, 3.05) is 48.6 Å². The number of benzene rings is 3. The fourth-order valence-electron chi connectivity index (χ4n) is 8.76. The van der Waals surface area contributed by atoms with Crippen molar-refractivity contribution in [3.05, 3.63) is 124 Å². The molecule has 5 heterocycles. The van der Waals surface area contributed by atoms with Crippen molar-refractivity contribution in [3.8, 4) is 12.1 Å². The maximum absolute atomic E-state index is 13.9. The number of likely N-dealkylation sites (tertiary alicyclic amines) is 2. The number of alkyl carbamates (subject to hydrolysis) is 2. The number of nitrogens with one attached hydrogen (secondary N) is 3. The molecule has 22 heteroatoms. The van der Waals surface area contributed by atoms with Crippen molar-refractivity contribution in [1.82, 2.24) is 35.0 Å². The number of hydrogen-bond donors (Lipinski definition) is 3. The zero-order chi connectivity index (χ0) is 52.5. The predicted molar refractivity (Wildman–Crippen MR) is 284 cm³/mol. The van der Waals surface area contributed by atoms with Crippen molar-refractivity contribution in [2.45, 2.75) is 98.8 Å². The van der Waals surface area contributed by atoms with E-state index in [0.717, 1.165) is 35.8 Å². The minimum atomic E-state index is -3.64. The molecule has 0 radical (unpaired) electrons. The Morgan fingerprint density at radius 2 is 1.40 bits per heavy atom. The molecule has 4 amide bonds. The van der Waals surface area contributed by atoms with Gasteiger partial charge in [-0.1, -0.05) is 87.1 Å². The van der Waals surface area contributed by atoms with Gasteiger partial charge in [0, 0.05) is 55.6 Å². The standard InChI is InChI=1S/C33H35ClN8O5S.C18H23N3O4.2CH4/c1-21-17-42-30(37-31(21)40-18-23(16-35)28(19-40)36-33(44)47-20-22-8-4-3-5-9-22)15-27(38-42)29-10-6-7-13-41(29)32(43)25-14-24(34)11-12-26(25)39-48(2,45)46;1-18(2,3)25-17(23)21-10-14(9-19)15(11-21)20-16(22)24-12-13-7-5-4-6-8-13;;/h3-5,8-9,11-12,14-15,17,23,28-29,39H,6-7,10,13,18-20H2,1-2H3,(H,36,44);4-8,14-15H,10-12H2,1-3H3,(H,20,22);2*1H4/t23?,28?,29-;;;/m0.../s1. The smallest absolute Gasteiger partial charge is 0.410 e. The molecular formula is C53H66ClN11O9S. The molecule has 0 aliphatic carbocycles. The molecule has 3 aliphatic rings. The highest BCUT2D eigenvalue weighted by Crippen LogP contribution is 2.35. The number of nitrogens with zero attached hydrogens (tertiary/aromatic N) is 8. The van der Waals surface area contributed by atoms with Crippen LogP contribution in [-0.2, 0) is 37.4 Å². The molecule has 8 rings (SSSR count). The predicted octanol–water partition coefficient (Wildman–Crippen LogP) is 8.63. The zero-order valence-corrected chi connectivity index (χ0v) is 42.7. The number of amides is 4. The van der Waals surface area contributed by atoms with Crippen molar-refractivity contribution >= 4 is 63.0 Å². The van der Waals surface area contributed by atoms with Gasteiger partial charge in [-0.3, -0.25) is 9.52 Å². The number of fused-ring (bicyclic) bond motifs is 1. The van der Waals surface area contributed by atoms with E-state index in [9.17, 15) is 38.1 Å². The summed E-state index contributed by atoms with van der Waals surface area (Å²) in [5.41, 5.74) is 3.50. The molecule has 5 aromatic rings. The first kappa shape index (κ1) is 58.3. The number of halogens is 1. The van der Waals surface area contributed by atoms with E-state index in [2.05, 4.69) is 27.5 Å². The lowest BCUT2D eigenvalue weighted by Crippen LogP contribution is -2.41. The van der Waals surface area contributed by atoms with Crippen molar-refractivity contribution in [3.63, 3.8) is 0 Å². The topological polar surface area (TPSA) is 254 Å². The molecule has 3 aliphatic heterocycles. The van der Waals surface area contributed by atoms with Gasteiger partial charge in [-0.2, -0.15) is 15.6 Å². The minimum Gasteiger partial charge on any atom is -0.445 e. The van der Waals surface area contributed by atoms with Crippen LogP contribution in [0.15, 0.2) is 91.1 Å². The van der Waals surface area contributed by atoms with Crippen LogP contribution >= 0.6 is 11.6 Å². The van der Waals surface area contributed by atoms with E-state index in [-0.39, 0.29) is 64.4 Å². The number of nitriles is 2. The van der Waals surface area contributed by atoms with E-state index in [0.29, 0.717) is 48.2 Å². The van der Waals surface area contributed by atoms with Crippen LogP contribution < -0.4 is 20.3 Å². The second kappa shape index (κ2) is 25.6. The largest absolute Gasteiger partial charge is 0.445 e. The van der Waals surface area contributed by atoms with Crippen molar-refractivity contribution < 1.29 is 41.8 Å². The highest BCUT2D eigenvalue weighted by atomic mass is 35.5. The molecule has 0 spiro atoms. The molecule has 4 unspecified atom stereocenters. The average molecular weight is 1070 g/mol. The van der Waals surface area contributed by atoms with Gasteiger partial charge in [0.1, 0.15) is 24.6 Å². The second-order valence-electron chi connectivity index (χ2n) is 19.1. The number of anilines is 2. The number of carbonyl (C=O) groups is 4. The third-order valence-electron chi connectivity index (χ3n) is 12.2. The third-order valence-corrected chi connectivity index (χ3v) is 13.0. The Bertz CT molecular complexity index is 3000. The number of rotatable bonds is 11. The molecule has 20 nitrogen and oxygen atoms in total. The van der Waals surface area contributed by atoms with Gasteiger partial charge in [-0.05, 0) is 76.3 Å². The normalized spacial score (nSPS) is 19.1. The van der Waals surface area contributed by atoms with E-state index in [1.54, 1.807) is 30.2 Å². The SMILES string of the molecule is C.C.CC(C)(C)OC(=O)N1CC(C#N)C(NC(=O)OCc2ccccc2)C1.Cc1cn2nc([C@@H]3CCCCN3C(=O)c3cc(Cl)ccc3NS(C)(=O)=O)cc2nc1N1CC(C#N)C(NC(=O)OCc2ccccc2)C1. The first-order valence-electron chi connectivity index (χ1n) is 23.7. The van der Waals surface area contributed by atoms with E-state index in [1.807, 2.05) is 84.8 Å². The molecule has 0 saturated carbocycles. The van der Waals surface area contributed by atoms with E-state index in [1.165, 1.54) is 23.1 Å². The molecule has 5 atom stereocenters. The third kappa shape index (κ3) is 15.7. The molecule has 3 saturated heterocycles. The summed E-state index contributed by atoms with van der Waals surface area (Å²) in [6, 6.07) is 28.1.